The molecule has 3 N–H and O–H groups in total. The van der Waals surface area contributed by atoms with Crippen LogP contribution in [0.15, 0.2) is 60.0 Å². The van der Waals surface area contributed by atoms with Gasteiger partial charge in [-0.15, -0.1) is 5.10 Å². The monoisotopic (exact) mass is 497 g/mol. The van der Waals surface area contributed by atoms with Crippen LogP contribution in [0.4, 0.5) is 5.69 Å². The van der Waals surface area contributed by atoms with Crippen molar-refractivity contribution in [1.82, 2.24) is 20.0 Å². The molecular weight excluding hydrogens is 474 g/mol. The SMILES string of the molecule is COc1ccc([C@H]2C(C#N)=C(N)Oc3n[nH]c(-c4ccccc4)c32)cc1Cn1nc(C)c([N+](=O)[O-])c1C. The molecule has 0 saturated carbocycles. The highest BCUT2D eigenvalue weighted by Gasteiger charge is 2.36. The van der Waals surface area contributed by atoms with E-state index >= 15 is 0 Å². The largest absolute Gasteiger partial charge is 0.496 e. The summed E-state index contributed by atoms with van der Waals surface area (Å²) in [5.74, 6) is 0.295. The third-order valence-corrected chi connectivity index (χ3v) is 6.49. The zero-order chi connectivity index (χ0) is 26.3. The van der Waals surface area contributed by atoms with Gasteiger partial charge < -0.3 is 15.2 Å². The topological polar surface area (TPSA) is 158 Å². The van der Waals surface area contributed by atoms with Crippen molar-refractivity contribution in [3.05, 3.63) is 98.2 Å². The van der Waals surface area contributed by atoms with Gasteiger partial charge in [0, 0.05) is 5.56 Å². The van der Waals surface area contributed by atoms with Gasteiger partial charge in [0.25, 0.3) is 0 Å². The molecule has 0 aliphatic carbocycles. The molecule has 3 heterocycles. The summed E-state index contributed by atoms with van der Waals surface area (Å²) in [6, 6.07) is 17.4. The minimum Gasteiger partial charge on any atom is -0.496 e. The summed E-state index contributed by atoms with van der Waals surface area (Å²) >= 11 is 0. The van der Waals surface area contributed by atoms with E-state index in [1.807, 2.05) is 42.5 Å². The minimum atomic E-state index is -0.567. The summed E-state index contributed by atoms with van der Waals surface area (Å²) in [5, 5.41) is 33.3. The molecule has 2 aromatic heterocycles. The summed E-state index contributed by atoms with van der Waals surface area (Å²) in [6.45, 7) is 3.50. The van der Waals surface area contributed by atoms with E-state index < -0.39 is 10.8 Å². The Morgan fingerprint density at radius 3 is 2.68 bits per heavy atom. The number of nitrogens with zero attached hydrogens (tertiary/aromatic N) is 5. The molecular formula is C26H23N7O4. The van der Waals surface area contributed by atoms with Gasteiger partial charge in [0.05, 0.1) is 35.8 Å². The van der Waals surface area contributed by atoms with Crippen LogP contribution in [0.5, 0.6) is 11.6 Å². The summed E-state index contributed by atoms with van der Waals surface area (Å²) < 4.78 is 12.9. The Hall–Kier alpha value is -5.11. The molecule has 0 spiro atoms. The fourth-order valence-corrected chi connectivity index (χ4v) is 4.77. The first kappa shape index (κ1) is 23.6. The summed E-state index contributed by atoms with van der Waals surface area (Å²) in [6.07, 6.45) is 0. The zero-order valence-electron chi connectivity index (χ0n) is 20.3. The Labute approximate surface area is 211 Å². The van der Waals surface area contributed by atoms with Gasteiger partial charge in [-0.1, -0.05) is 36.4 Å². The molecule has 1 aliphatic rings. The minimum absolute atomic E-state index is 0.0161. The van der Waals surface area contributed by atoms with Gasteiger partial charge in [0.2, 0.25) is 11.8 Å². The number of hydrogen-bond acceptors (Lipinski definition) is 8. The van der Waals surface area contributed by atoms with Crippen molar-refractivity contribution >= 4 is 5.69 Å². The number of aromatic nitrogens is 4. The maximum Gasteiger partial charge on any atom is 0.312 e. The van der Waals surface area contributed by atoms with E-state index in [2.05, 4.69) is 21.4 Å². The Morgan fingerprint density at radius 2 is 2.03 bits per heavy atom. The number of methoxy groups -OCH3 is 1. The lowest BCUT2D eigenvalue weighted by Crippen LogP contribution is -2.21. The van der Waals surface area contributed by atoms with Gasteiger partial charge in [-0.2, -0.15) is 10.4 Å². The molecule has 0 amide bonds. The first-order chi connectivity index (χ1) is 17.8. The van der Waals surface area contributed by atoms with Gasteiger partial charge in [-0.25, -0.2) is 0 Å². The molecule has 0 radical (unpaired) electrons. The van der Waals surface area contributed by atoms with E-state index in [-0.39, 0.29) is 23.7 Å². The van der Waals surface area contributed by atoms with Gasteiger partial charge in [-0.3, -0.25) is 19.9 Å². The Kier molecular flexibility index (Phi) is 5.85. The maximum absolute atomic E-state index is 11.5. The number of fused-ring (bicyclic) bond motifs is 1. The van der Waals surface area contributed by atoms with Crippen molar-refractivity contribution < 1.29 is 14.4 Å². The van der Waals surface area contributed by atoms with Crippen molar-refractivity contribution in [2.24, 2.45) is 5.73 Å². The number of benzene rings is 2. The number of rotatable bonds is 6. The second-order valence-corrected chi connectivity index (χ2v) is 8.61. The lowest BCUT2D eigenvalue weighted by molar-refractivity contribution is -0.386. The van der Waals surface area contributed by atoms with Crippen molar-refractivity contribution in [2.45, 2.75) is 26.3 Å². The van der Waals surface area contributed by atoms with Gasteiger partial charge in [0.1, 0.15) is 28.8 Å². The van der Waals surface area contributed by atoms with Crippen molar-refractivity contribution in [1.29, 1.82) is 5.26 Å². The molecule has 0 fully saturated rings. The Balaban J connectivity index is 1.65. The highest BCUT2D eigenvalue weighted by molar-refractivity contribution is 5.71. The van der Waals surface area contributed by atoms with E-state index in [0.29, 0.717) is 34.3 Å². The number of nitrogens with two attached hydrogens (primary N) is 1. The molecule has 186 valence electrons. The standard InChI is InChI=1S/C26H23N7O4/c1-14-24(33(34)35)15(2)32(31-14)13-18-11-17(9-10-20(18)36-3)21-19(12-27)25(28)37-26-22(21)23(29-30-26)16-7-5-4-6-8-16/h4-11,21H,13,28H2,1-3H3,(H,29,30)/t21-/m0/s1. The summed E-state index contributed by atoms with van der Waals surface area (Å²) in [4.78, 5) is 11.1. The van der Waals surface area contributed by atoms with E-state index in [4.69, 9.17) is 15.2 Å². The fourth-order valence-electron chi connectivity index (χ4n) is 4.77. The molecule has 0 bridgehead atoms. The number of allylic oxidation sites excluding steroid dienone is 1. The molecule has 2 aromatic carbocycles. The molecule has 5 rings (SSSR count). The van der Waals surface area contributed by atoms with Gasteiger partial charge >= 0.3 is 5.69 Å². The number of nitriles is 1. The van der Waals surface area contributed by atoms with E-state index in [9.17, 15) is 15.4 Å². The zero-order valence-corrected chi connectivity index (χ0v) is 20.3. The third kappa shape index (κ3) is 3.94. The van der Waals surface area contributed by atoms with Crippen molar-refractivity contribution in [2.75, 3.05) is 7.11 Å². The molecule has 0 saturated heterocycles. The quantitative estimate of drug-likeness (QED) is 0.298. The fraction of sp³-hybridized carbons (Fsp3) is 0.192. The van der Waals surface area contributed by atoms with Crippen LogP contribution >= 0.6 is 0 Å². The second-order valence-electron chi connectivity index (χ2n) is 8.61. The predicted molar refractivity (Wildman–Crippen MR) is 134 cm³/mol. The number of aromatic amines is 1. The lowest BCUT2D eigenvalue weighted by atomic mass is 9.82. The number of hydrogen-bond donors (Lipinski definition) is 2. The number of nitrogens with one attached hydrogen (secondary N) is 1. The molecule has 37 heavy (non-hydrogen) atoms. The molecule has 11 nitrogen and oxygen atoms in total. The van der Waals surface area contributed by atoms with Gasteiger partial charge in [0.15, 0.2) is 0 Å². The molecule has 0 unspecified atom stereocenters. The lowest BCUT2D eigenvalue weighted by Gasteiger charge is -2.25. The van der Waals surface area contributed by atoms with Crippen molar-refractivity contribution in [3.63, 3.8) is 0 Å². The third-order valence-electron chi connectivity index (χ3n) is 6.49. The first-order valence-corrected chi connectivity index (χ1v) is 11.4. The average Bonchev–Trinajstić information content (AvgIpc) is 3.43. The average molecular weight is 498 g/mol. The van der Waals surface area contributed by atoms with Crippen LogP contribution in [0.1, 0.15) is 34.0 Å². The van der Waals surface area contributed by atoms with Crippen LogP contribution in [0, 0.1) is 35.3 Å². The predicted octanol–water partition coefficient (Wildman–Crippen LogP) is 4.07. The first-order valence-electron chi connectivity index (χ1n) is 11.4. The van der Waals surface area contributed by atoms with Crippen molar-refractivity contribution in [3.8, 4) is 29.0 Å². The van der Waals surface area contributed by atoms with E-state index in [1.54, 1.807) is 31.7 Å². The Bertz CT molecular complexity index is 1600. The van der Waals surface area contributed by atoms with Crippen LogP contribution < -0.4 is 15.2 Å². The van der Waals surface area contributed by atoms with Gasteiger partial charge in [-0.05, 0) is 37.1 Å². The second kappa shape index (κ2) is 9.16. The molecule has 1 aliphatic heterocycles. The maximum atomic E-state index is 11.5. The van der Waals surface area contributed by atoms with Crippen LogP contribution in [0.3, 0.4) is 0 Å². The molecule has 4 aromatic rings. The normalized spacial score (nSPS) is 14.6. The Morgan fingerprint density at radius 1 is 1.27 bits per heavy atom. The number of H-pyrrole nitrogens is 1. The highest BCUT2D eigenvalue weighted by atomic mass is 16.6. The van der Waals surface area contributed by atoms with Crippen LogP contribution in [0.2, 0.25) is 0 Å². The number of aryl methyl sites for hydroxylation is 1. The smallest absolute Gasteiger partial charge is 0.312 e. The molecule has 1 atom stereocenters. The summed E-state index contributed by atoms with van der Waals surface area (Å²) in [5.41, 5.74) is 10.9. The number of ether oxygens (including phenoxy) is 2. The summed E-state index contributed by atoms with van der Waals surface area (Å²) in [7, 11) is 1.55. The van der Waals surface area contributed by atoms with Crippen LogP contribution in [0.25, 0.3) is 11.3 Å². The van der Waals surface area contributed by atoms with E-state index in [0.717, 1.165) is 16.7 Å². The highest BCUT2D eigenvalue weighted by Crippen LogP contribution is 2.46. The van der Waals surface area contributed by atoms with E-state index in [1.165, 1.54) is 0 Å². The molecule has 11 heteroatoms. The van der Waals surface area contributed by atoms with Crippen LogP contribution in [-0.4, -0.2) is 32.0 Å². The number of nitro groups is 1. The van der Waals surface area contributed by atoms with Crippen LogP contribution in [-0.2, 0) is 6.54 Å².